The van der Waals surface area contributed by atoms with Crippen molar-refractivity contribution >= 4 is 11.0 Å². The molecular formula is C16H22FN3. The topological polar surface area (TPSA) is 43.8 Å². The van der Waals surface area contributed by atoms with Crippen molar-refractivity contribution in [2.75, 3.05) is 6.54 Å². The van der Waals surface area contributed by atoms with Crippen molar-refractivity contribution in [1.82, 2.24) is 9.55 Å². The number of fused-ring (bicyclic) bond motifs is 1. The molecule has 0 saturated heterocycles. The first kappa shape index (κ1) is 13.6. The molecule has 4 heteroatoms. The smallest absolute Gasteiger partial charge is 0.125 e. The van der Waals surface area contributed by atoms with Crippen LogP contribution in [0, 0.1) is 11.7 Å². The fraction of sp³-hybridized carbons (Fsp3) is 0.562. The van der Waals surface area contributed by atoms with Crippen molar-refractivity contribution in [3.8, 4) is 0 Å². The first-order valence-electron chi connectivity index (χ1n) is 7.49. The van der Waals surface area contributed by atoms with Crippen molar-refractivity contribution in [2.24, 2.45) is 11.7 Å². The third-order valence-corrected chi connectivity index (χ3v) is 4.49. The Bertz CT molecular complexity index is 617. The quantitative estimate of drug-likeness (QED) is 0.930. The Morgan fingerprint density at radius 1 is 1.40 bits per heavy atom. The van der Waals surface area contributed by atoms with Crippen LogP contribution in [0.5, 0.6) is 0 Å². The van der Waals surface area contributed by atoms with E-state index < -0.39 is 0 Å². The third-order valence-electron chi connectivity index (χ3n) is 4.49. The van der Waals surface area contributed by atoms with E-state index in [1.165, 1.54) is 18.9 Å². The standard InChI is InChI=1S/C16H22FN3/c1-10(2)20-15-8-12(17)6-7-14(15)19-16(20)13-5-3-4-11(13)9-18/h6-8,10-11,13H,3-5,9,18H2,1-2H3. The second-order valence-electron chi connectivity index (χ2n) is 6.10. The summed E-state index contributed by atoms with van der Waals surface area (Å²) >= 11 is 0. The lowest BCUT2D eigenvalue weighted by molar-refractivity contribution is 0.447. The zero-order valence-corrected chi connectivity index (χ0v) is 12.1. The van der Waals surface area contributed by atoms with Crippen LogP contribution in [0.4, 0.5) is 4.39 Å². The van der Waals surface area contributed by atoms with Gasteiger partial charge in [0, 0.05) is 12.0 Å². The normalized spacial score (nSPS) is 23.1. The van der Waals surface area contributed by atoms with Crippen molar-refractivity contribution in [3.63, 3.8) is 0 Å². The molecule has 1 aliphatic carbocycles. The lowest BCUT2D eigenvalue weighted by atomic mass is 9.95. The second-order valence-corrected chi connectivity index (χ2v) is 6.10. The van der Waals surface area contributed by atoms with Crippen LogP contribution in [0.2, 0.25) is 0 Å². The molecule has 0 spiro atoms. The number of halogens is 1. The maximum Gasteiger partial charge on any atom is 0.125 e. The minimum atomic E-state index is -0.201. The summed E-state index contributed by atoms with van der Waals surface area (Å²) in [7, 11) is 0. The van der Waals surface area contributed by atoms with Crippen LogP contribution in [0.25, 0.3) is 11.0 Å². The van der Waals surface area contributed by atoms with E-state index in [0.29, 0.717) is 18.4 Å². The first-order valence-corrected chi connectivity index (χ1v) is 7.49. The highest BCUT2D eigenvalue weighted by molar-refractivity contribution is 5.76. The molecule has 0 aliphatic heterocycles. The van der Waals surface area contributed by atoms with Gasteiger partial charge >= 0.3 is 0 Å². The van der Waals surface area contributed by atoms with Crippen LogP contribution in [-0.2, 0) is 0 Å². The molecule has 2 aromatic rings. The Hall–Kier alpha value is -1.42. The van der Waals surface area contributed by atoms with Crippen LogP contribution in [0.3, 0.4) is 0 Å². The number of benzene rings is 1. The van der Waals surface area contributed by atoms with E-state index >= 15 is 0 Å². The highest BCUT2D eigenvalue weighted by Gasteiger charge is 2.32. The number of hydrogen-bond acceptors (Lipinski definition) is 2. The van der Waals surface area contributed by atoms with E-state index in [1.807, 2.05) is 0 Å². The van der Waals surface area contributed by atoms with Gasteiger partial charge in [-0.1, -0.05) is 6.42 Å². The Morgan fingerprint density at radius 3 is 2.90 bits per heavy atom. The predicted octanol–water partition coefficient (Wildman–Crippen LogP) is 3.60. The Kier molecular flexibility index (Phi) is 3.50. The molecule has 2 atom stereocenters. The molecule has 1 fully saturated rings. The van der Waals surface area contributed by atoms with Gasteiger partial charge in [-0.3, -0.25) is 0 Å². The van der Waals surface area contributed by atoms with E-state index in [-0.39, 0.29) is 11.9 Å². The Balaban J connectivity index is 2.17. The van der Waals surface area contributed by atoms with Gasteiger partial charge in [0.05, 0.1) is 11.0 Å². The molecule has 108 valence electrons. The molecular weight excluding hydrogens is 253 g/mol. The van der Waals surface area contributed by atoms with Crippen LogP contribution in [-0.4, -0.2) is 16.1 Å². The van der Waals surface area contributed by atoms with Gasteiger partial charge in [0.2, 0.25) is 0 Å². The van der Waals surface area contributed by atoms with Gasteiger partial charge in [-0.05, 0) is 57.4 Å². The summed E-state index contributed by atoms with van der Waals surface area (Å²) in [6.45, 7) is 4.96. The summed E-state index contributed by atoms with van der Waals surface area (Å²) < 4.78 is 15.7. The summed E-state index contributed by atoms with van der Waals surface area (Å²) in [6.07, 6.45) is 3.53. The predicted molar refractivity (Wildman–Crippen MR) is 79.2 cm³/mol. The summed E-state index contributed by atoms with van der Waals surface area (Å²) in [5.74, 6) is 1.81. The largest absolute Gasteiger partial charge is 0.330 e. The Morgan fingerprint density at radius 2 is 2.20 bits per heavy atom. The zero-order chi connectivity index (χ0) is 14.3. The van der Waals surface area contributed by atoms with E-state index in [1.54, 1.807) is 12.1 Å². The molecule has 1 saturated carbocycles. The number of aromatic nitrogens is 2. The second kappa shape index (κ2) is 5.17. The van der Waals surface area contributed by atoms with Gasteiger partial charge in [0.25, 0.3) is 0 Å². The third kappa shape index (κ3) is 2.12. The van der Waals surface area contributed by atoms with Crippen molar-refractivity contribution in [1.29, 1.82) is 0 Å². The van der Waals surface area contributed by atoms with E-state index in [4.69, 9.17) is 10.7 Å². The summed E-state index contributed by atoms with van der Waals surface area (Å²) in [4.78, 5) is 4.80. The van der Waals surface area contributed by atoms with Gasteiger partial charge in [-0.25, -0.2) is 9.37 Å². The van der Waals surface area contributed by atoms with Crippen LogP contribution < -0.4 is 5.73 Å². The number of rotatable bonds is 3. The number of nitrogens with two attached hydrogens (primary N) is 1. The Labute approximate surface area is 119 Å². The summed E-state index contributed by atoms with van der Waals surface area (Å²) in [6, 6.07) is 5.13. The molecule has 0 bridgehead atoms. The average molecular weight is 275 g/mol. The van der Waals surface area contributed by atoms with Gasteiger partial charge in [0.15, 0.2) is 0 Å². The molecule has 0 amide bonds. The number of nitrogens with zero attached hydrogens (tertiary/aromatic N) is 2. The molecule has 2 unspecified atom stereocenters. The fourth-order valence-electron chi connectivity index (χ4n) is 3.55. The van der Waals surface area contributed by atoms with Crippen molar-refractivity contribution in [2.45, 2.75) is 45.1 Å². The van der Waals surface area contributed by atoms with E-state index in [9.17, 15) is 4.39 Å². The van der Waals surface area contributed by atoms with E-state index in [0.717, 1.165) is 23.3 Å². The van der Waals surface area contributed by atoms with E-state index in [2.05, 4.69) is 18.4 Å². The van der Waals surface area contributed by atoms with Crippen LogP contribution >= 0.6 is 0 Å². The van der Waals surface area contributed by atoms with Gasteiger partial charge in [-0.15, -0.1) is 0 Å². The maximum atomic E-state index is 13.5. The highest BCUT2D eigenvalue weighted by Crippen LogP contribution is 2.40. The minimum Gasteiger partial charge on any atom is -0.330 e. The molecule has 2 N–H and O–H groups in total. The summed E-state index contributed by atoms with van der Waals surface area (Å²) in [5, 5.41) is 0. The van der Waals surface area contributed by atoms with Crippen LogP contribution in [0.1, 0.15) is 50.9 Å². The monoisotopic (exact) mass is 275 g/mol. The number of imidazole rings is 1. The molecule has 3 nitrogen and oxygen atoms in total. The van der Waals surface area contributed by atoms with Crippen LogP contribution in [0.15, 0.2) is 18.2 Å². The molecule has 1 aromatic heterocycles. The van der Waals surface area contributed by atoms with Crippen molar-refractivity contribution < 1.29 is 4.39 Å². The molecule has 20 heavy (non-hydrogen) atoms. The highest BCUT2D eigenvalue weighted by atomic mass is 19.1. The minimum absolute atomic E-state index is 0.201. The maximum absolute atomic E-state index is 13.5. The molecule has 1 heterocycles. The van der Waals surface area contributed by atoms with Gasteiger partial charge < -0.3 is 10.3 Å². The van der Waals surface area contributed by atoms with Crippen molar-refractivity contribution in [3.05, 3.63) is 29.8 Å². The average Bonchev–Trinajstić information content (AvgIpc) is 3.00. The summed E-state index contributed by atoms with van der Waals surface area (Å²) in [5.41, 5.74) is 7.70. The lowest BCUT2D eigenvalue weighted by Crippen LogP contribution is -2.20. The fourth-order valence-corrected chi connectivity index (χ4v) is 3.55. The SMILES string of the molecule is CC(C)n1c(C2CCCC2CN)nc2ccc(F)cc21. The zero-order valence-electron chi connectivity index (χ0n) is 12.1. The molecule has 3 rings (SSSR count). The van der Waals surface area contributed by atoms with Gasteiger partial charge in [0.1, 0.15) is 11.6 Å². The molecule has 1 aliphatic rings. The molecule has 1 aromatic carbocycles. The lowest BCUT2D eigenvalue weighted by Gasteiger charge is -2.21. The number of hydrogen-bond donors (Lipinski definition) is 1. The van der Waals surface area contributed by atoms with Gasteiger partial charge in [-0.2, -0.15) is 0 Å². The first-order chi connectivity index (χ1) is 9.61. The molecule has 0 radical (unpaired) electrons.